The lowest BCUT2D eigenvalue weighted by atomic mass is 10.3. The number of carbonyl (C=O) groups excluding carboxylic acids is 1. The van der Waals surface area contributed by atoms with E-state index in [1.54, 1.807) is 6.07 Å². The molecule has 1 rings (SSSR count). The van der Waals surface area contributed by atoms with Crippen LogP contribution < -0.4 is 5.32 Å². The van der Waals surface area contributed by atoms with Crippen molar-refractivity contribution in [1.82, 2.24) is 5.32 Å². The Morgan fingerprint density at radius 1 is 1.53 bits per heavy atom. The van der Waals surface area contributed by atoms with E-state index < -0.39 is 0 Å². The second kappa shape index (κ2) is 7.74. The van der Waals surface area contributed by atoms with E-state index in [4.69, 9.17) is 4.74 Å². The first-order valence-corrected chi connectivity index (χ1v) is 7.09. The van der Waals surface area contributed by atoms with Gasteiger partial charge in [0.2, 0.25) is 0 Å². The molecule has 1 aromatic heterocycles. The molecule has 0 unspecified atom stereocenters. The minimum absolute atomic E-state index is 0.0138. The van der Waals surface area contributed by atoms with Crippen LogP contribution in [0.1, 0.15) is 36.4 Å². The van der Waals surface area contributed by atoms with E-state index in [2.05, 4.69) is 17.9 Å². The zero-order valence-corrected chi connectivity index (χ0v) is 11.9. The van der Waals surface area contributed by atoms with Crippen molar-refractivity contribution in [1.29, 1.82) is 0 Å². The van der Waals surface area contributed by atoms with E-state index in [-0.39, 0.29) is 12.0 Å². The second-order valence-corrected chi connectivity index (χ2v) is 5.48. The SMILES string of the molecule is CC(C)OCCCCNC(=O)c1cc(S)cs1. The Bertz CT molecular complexity index is 350. The summed E-state index contributed by atoms with van der Waals surface area (Å²) in [5, 5.41) is 4.74. The molecule has 17 heavy (non-hydrogen) atoms. The van der Waals surface area contributed by atoms with Crippen molar-refractivity contribution in [3.05, 3.63) is 16.3 Å². The van der Waals surface area contributed by atoms with Crippen LogP contribution in [0.5, 0.6) is 0 Å². The zero-order chi connectivity index (χ0) is 12.7. The minimum Gasteiger partial charge on any atom is -0.379 e. The van der Waals surface area contributed by atoms with E-state index in [0.29, 0.717) is 11.4 Å². The molecule has 0 aromatic carbocycles. The molecule has 0 aliphatic carbocycles. The molecular weight excluding hydrogens is 254 g/mol. The smallest absolute Gasteiger partial charge is 0.261 e. The van der Waals surface area contributed by atoms with Crippen LogP contribution in [0.25, 0.3) is 0 Å². The predicted molar refractivity (Wildman–Crippen MR) is 74.2 cm³/mol. The third-order valence-corrected chi connectivity index (χ3v) is 3.48. The minimum atomic E-state index is -0.0138. The van der Waals surface area contributed by atoms with Crippen LogP contribution in [0.15, 0.2) is 16.3 Å². The van der Waals surface area contributed by atoms with Gasteiger partial charge >= 0.3 is 0 Å². The summed E-state index contributed by atoms with van der Waals surface area (Å²) in [4.78, 5) is 13.2. The first-order chi connectivity index (χ1) is 8.09. The second-order valence-electron chi connectivity index (χ2n) is 4.05. The van der Waals surface area contributed by atoms with Gasteiger partial charge in [-0.3, -0.25) is 4.79 Å². The fourth-order valence-corrected chi connectivity index (χ4v) is 2.34. The quantitative estimate of drug-likeness (QED) is 0.592. The van der Waals surface area contributed by atoms with Gasteiger partial charge in [0.1, 0.15) is 0 Å². The predicted octanol–water partition coefficient (Wildman–Crippen LogP) is 2.97. The molecule has 0 spiro atoms. The molecule has 0 saturated heterocycles. The molecule has 0 aliphatic rings. The fourth-order valence-electron chi connectivity index (χ4n) is 1.28. The zero-order valence-electron chi connectivity index (χ0n) is 10.2. The molecule has 5 heteroatoms. The van der Waals surface area contributed by atoms with E-state index in [1.165, 1.54) is 11.3 Å². The number of ether oxygens (including phenoxy) is 1. The molecule has 1 N–H and O–H groups in total. The van der Waals surface area contributed by atoms with Gasteiger partial charge in [0, 0.05) is 23.4 Å². The Hall–Kier alpha value is -0.520. The van der Waals surface area contributed by atoms with Gasteiger partial charge in [-0.25, -0.2) is 0 Å². The van der Waals surface area contributed by atoms with Crippen molar-refractivity contribution < 1.29 is 9.53 Å². The molecule has 0 atom stereocenters. The molecule has 1 amide bonds. The van der Waals surface area contributed by atoms with Crippen molar-refractivity contribution in [2.24, 2.45) is 0 Å². The molecule has 3 nitrogen and oxygen atoms in total. The third kappa shape index (κ3) is 6.10. The highest BCUT2D eigenvalue weighted by atomic mass is 32.1. The van der Waals surface area contributed by atoms with Gasteiger partial charge in [0.05, 0.1) is 11.0 Å². The maximum absolute atomic E-state index is 11.6. The number of nitrogens with one attached hydrogen (secondary N) is 1. The van der Waals surface area contributed by atoms with Crippen LogP contribution in [0.2, 0.25) is 0 Å². The summed E-state index contributed by atoms with van der Waals surface area (Å²) in [7, 11) is 0. The van der Waals surface area contributed by atoms with Gasteiger partial charge in [0.15, 0.2) is 0 Å². The van der Waals surface area contributed by atoms with E-state index in [1.807, 2.05) is 19.2 Å². The van der Waals surface area contributed by atoms with Crippen molar-refractivity contribution in [2.75, 3.05) is 13.2 Å². The van der Waals surface area contributed by atoms with Gasteiger partial charge in [-0.2, -0.15) is 0 Å². The topological polar surface area (TPSA) is 38.3 Å². The number of rotatable bonds is 7. The summed E-state index contributed by atoms with van der Waals surface area (Å²) in [6.45, 7) is 5.49. The Morgan fingerprint density at radius 2 is 2.29 bits per heavy atom. The van der Waals surface area contributed by atoms with Crippen LogP contribution >= 0.6 is 24.0 Å². The highest BCUT2D eigenvalue weighted by molar-refractivity contribution is 7.80. The number of carbonyl (C=O) groups is 1. The lowest BCUT2D eigenvalue weighted by Crippen LogP contribution is -2.23. The third-order valence-electron chi connectivity index (χ3n) is 2.12. The summed E-state index contributed by atoms with van der Waals surface area (Å²) in [5.74, 6) is -0.0138. The van der Waals surface area contributed by atoms with Crippen molar-refractivity contribution in [3.63, 3.8) is 0 Å². The standard InChI is InChI=1S/C12H19NO2S2/c1-9(2)15-6-4-3-5-13-12(14)11-7-10(16)8-17-11/h7-9,16H,3-6H2,1-2H3,(H,13,14). The van der Waals surface area contributed by atoms with Gasteiger partial charge in [-0.15, -0.1) is 24.0 Å². The summed E-state index contributed by atoms with van der Waals surface area (Å²) < 4.78 is 5.42. The molecular formula is C12H19NO2S2. The van der Waals surface area contributed by atoms with Crippen LogP contribution in [0.4, 0.5) is 0 Å². The van der Waals surface area contributed by atoms with Crippen molar-refractivity contribution in [2.45, 2.75) is 37.7 Å². The normalized spacial score (nSPS) is 10.8. The average molecular weight is 273 g/mol. The van der Waals surface area contributed by atoms with Gasteiger partial charge in [-0.05, 0) is 32.8 Å². The Balaban J connectivity index is 2.09. The van der Waals surface area contributed by atoms with Gasteiger partial charge < -0.3 is 10.1 Å². The van der Waals surface area contributed by atoms with E-state index >= 15 is 0 Å². The molecule has 0 bridgehead atoms. The highest BCUT2D eigenvalue weighted by Crippen LogP contribution is 2.17. The van der Waals surface area contributed by atoms with Crippen LogP contribution in [0.3, 0.4) is 0 Å². The lowest BCUT2D eigenvalue weighted by molar-refractivity contribution is 0.0754. The van der Waals surface area contributed by atoms with Crippen LogP contribution in [-0.2, 0) is 4.74 Å². The number of thiophene rings is 1. The largest absolute Gasteiger partial charge is 0.379 e. The maximum atomic E-state index is 11.6. The van der Waals surface area contributed by atoms with Crippen molar-refractivity contribution >= 4 is 29.9 Å². The number of unbranched alkanes of at least 4 members (excludes halogenated alkanes) is 1. The van der Waals surface area contributed by atoms with Crippen LogP contribution in [-0.4, -0.2) is 25.2 Å². The molecule has 0 saturated carbocycles. The van der Waals surface area contributed by atoms with E-state index in [9.17, 15) is 4.79 Å². The molecule has 0 aliphatic heterocycles. The lowest BCUT2D eigenvalue weighted by Gasteiger charge is -2.07. The molecule has 0 radical (unpaired) electrons. The Kier molecular flexibility index (Phi) is 6.62. The summed E-state index contributed by atoms with van der Waals surface area (Å²) in [6, 6.07) is 1.78. The number of thiol groups is 1. The first kappa shape index (κ1) is 14.5. The summed E-state index contributed by atoms with van der Waals surface area (Å²) >= 11 is 5.59. The summed E-state index contributed by atoms with van der Waals surface area (Å²) in [5.41, 5.74) is 0. The maximum Gasteiger partial charge on any atom is 0.261 e. The first-order valence-electron chi connectivity index (χ1n) is 5.77. The number of hydrogen-bond acceptors (Lipinski definition) is 4. The molecule has 1 heterocycles. The number of amides is 1. The Labute approximate surface area is 112 Å². The Morgan fingerprint density at radius 3 is 2.88 bits per heavy atom. The molecule has 96 valence electrons. The average Bonchev–Trinajstić information content (AvgIpc) is 2.69. The van der Waals surface area contributed by atoms with Gasteiger partial charge in [-0.1, -0.05) is 0 Å². The molecule has 1 aromatic rings. The van der Waals surface area contributed by atoms with Gasteiger partial charge in [0.25, 0.3) is 5.91 Å². The highest BCUT2D eigenvalue weighted by Gasteiger charge is 2.06. The number of hydrogen-bond donors (Lipinski definition) is 2. The van der Waals surface area contributed by atoms with Crippen LogP contribution in [0, 0.1) is 0 Å². The van der Waals surface area contributed by atoms with E-state index in [0.717, 1.165) is 24.3 Å². The van der Waals surface area contributed by atoms with Crippen molar-refractivity contribution in [3.8, 4) is 0 Å². The fraction of sp³-hybridized carbons (Fsp3) is 0.583. The molecule has 0 fully saturated rings. The summed E-state index contributed by atoms with van der Waals surface area (Å²) in [6.07, 6.45) is 2.20. The monoisotopic (exact) mass is 273 g/mol.